The number of aliphatic hydroxyl groups is 1. The zero-order valence-electron chi connectivity index (χ0n) is 12.6. The molecule has 0 spiro atoms. The molecule has 0 fully saturated rings. The lowest BCUT2D eigenvalue weighted by Gasteiger charge is -2.20. The quantitative estimate of drug-likeness (QED) is 0.665. The maximum absolute atomic E-state index is 9.60. The standard InChI is InChI=1S/C14H24N2O2S/c1-9(17)10(2)19-12-7-11(8-18-6)15-13(16-12)14(3,4)5/h7,9-10,17H,8H2,1-6H3. The number of rotatable bonds is 5. The van der Waals surface area contributed by atoms with Gasteiger partial charge in [-0.3, -0.25) is 0 Å². The summed E-state index contributed by atoms with van der Waals surface area (Å²) >= 11 is 1.57. The predicted molar refractivity (Wildman–Crippen MR) is 78.4 cm³/mol. The third-order valence-electron chi connectivity index (χ3n) is 2.70. The lowest BCUT2D eigenvalue weighted by molar-refractivity contribution is 0.180. The van der Waals surface area contributed by atoms with Crippen LogP contribution in [0, 0.1) is 0 Å². The third-order valence-corrected chi connectivity index (χ3v) is 3.92. The Morgan fingerprint density at radius 1 is 1.32 bits per heavy atom. The van der Waals surface area contributed by atoms with E-state index in [0.29, 0.717) is 6.61 Å². The Morgan fingerprint density at radius 2 is 1.95 bits per heavy atom. The first-order chi connectivity index (χ1) is 8.74. The van der Waals surface area contributed by atoms with E-state index in [1.807, 2.05) is 13.0 Å². The molecule has 0 aliphatic carbocycles. The fourth-order valence-corrected chi connectivity index (χ4v) is 2.30. The van der Waals surface area contributed by atoms with Crippen LogP contribution in [0.3, 0.4) is 0 Å². The summed E-state index contributed by atoms with van der Waals surface area (Å²) in [5, 5.41) is 10.6. The van der Waals surface area contributed by atoms with Gasteiger partial charge in [-0.15, -0.1) is 11.8 Å². The second kappa shape index (κ2) is 6.68. The van der Waals surface area contributed by atoms with Crippen molar-refractivity contribution in [2.24, 2.45) is 0 Å². The lowest BCUT2D eigenvalue weighted by Crippen LogP contribution is -2.19. The zero-order valence-corrected chi connectivity index (χ0v) is 13.4. The molecule has 1 N–H and O–H groups in total. The highest BCUT2D eigenvalue weighted by molar-refractivity contribution is 7.99. The summed E-state index contributed by atoms with van der Waals surface area (Å²) < 4.78 is 5.15. The first kappa shape index (κ1) is 16.4. The molecule has 5 heteroatoms. The van der Waals surface area contributed by atoms with Crippen LogP contribution >= 0.6 is 11.8 Å². The minimum absolute atomic E-state index is 0.0955. The van der Waals surface area contributed by atoms with Gasteiger partial charge in [0.05, 0.1) is 18.4 Å². The summed E-state index contributed by atoms with van der Waals surface area (Å²) in [7, 11) is 1.66. The Morgan fingerprint density at radius 3 is 2.42 bits per heavy atom. The lowest BCUT2D eigenvalue weighted by atomic mass is 9.96. The van der Waals surface area contributed by atoms with Crippen molar-refractivity contribution >= 4 is 11.8 Å². The number of methoxy groups -OCH3 is 1. The number of thioether (sulfide) groups is 1. The molecule has 1 rings (SSSR count). The maximum Gasteiger partial charge on any atom is 0.135 e. The van der Waals surface area contributed by atoms with Crippen LogP contribution < -0.4 is 0 Å². The van der Waals surface area contributed by atoms with Crippen LogP contribution in [-0.2, 0) is 16.8 Å². The number of hydrogen-bond acceptors (Lipinski definition) is 5. The van der Waals surface area contributed by atoms with E-state index < -0.39 is 0 Å². The molecule has 1 heterocycles. The minimum Gasteiger partial charge on any atom is -0.392 e. The molecule has 2 unspecified atom stereocenters. The molecule has 0 saturated heterocycles. The van der Waals surface area contributed by atoms with Crippen molar-refractivity contribution in [3.05, 3.63) is 17.6 Å². The van der Waals surface area contributed by atoms with E-state index in [1.54, 1.807) is 25.8 Å². The van der Waals surface area contributed by atoms with E-state index in [1.165, 1.54) is 0 Å². The van der Waals surface area contributed by atoms with Crippen molar-refractivity contribution in [2.75, 3.05) is 7.11 Å². The zero-order chi connectivity index (χ0) is 14.6. The van der Waals surface area contributed by atoms with Gasteiger partial charge in [0, 0.05) is 17.8 Å². The van der Waals surface area contributed by atoms with E-state index in [2.05, 4.69) is 30.7 Å². The number of hydrogen-bond donors (Lipinski definition) is 1. The van der Waals surface area contributed by atoms with Gasteiger partial charge in [0.15, 0.2) is 0 Å². The van der Waals surface area contributed by atoms with Crippen molar-refractivity contribution in [3.63, 3.8) is 0 Å². The average molecular weight is 284 g/mol. The van der Waals surface area contributed by atoms with Crippen LogP contribution in [0.15, 0.2) is 11.1 Å². The molecule has 19 heavy (non-hydrogen) atoms. The Labute approximate surface area is 120 Å². The minimum atomic E-state index is -0.371. The highest BCUT2D eigenvalue weighted by Gasteiger charge is 2.20. The van der Waals surface area contributed by atoms with Crippen LogP contribution in [0.2, 0.25) is 0 Å². The van der Waals surface area contributed by atoms with Gasteiger partial charge in [0.2, 0.25) is 0 Å². The molecule has 0 amide bonds. The van der Waals surface area contributed by atoms with E-state index in [4.69, 9.17) is 4.74 Å². The molecule has 1 aromatic heterocycles. The number of ether oxygens (including phenoxy) is 1. The summed E-state index contributed by atoms with van der Waals surface area (Å²) in [5.74, 6) is 0.808. The van der Waals surface area contributed by atoms with E-state index >= 15 is 0 Å². The van der Waals surface area contributed by atoms with Gasteiger partial charge in [0.25, 0.3) is 0 Å². The normalized spacial score (nSPS) is 15.3. The van der Waals surface area contributed by atoms with Gasteiger partial charge < -0.3 is 9.84 Å². The molecule has 1 aromatic rings. The Balaban J connectivity index is 3.06. The summed E-state index contributed by atoms with van der Waals surface area (Å²) in [5.41, 5.74) is 0.773. The largest absolute Gasteiger partial charge is 0.392 e. The molecule has 0 bridgehead atoms. The second-order valence-electron chi connectivity index (χ2n) is 5.77. The summed E-state index contributed by atoms with van der Waals surface area (Å²) in [6.07, 6.45) is -0.371. The number of nitrogens with zero attached hydrogens (tertiary/aromatic N) is 2. The highest BCUT2D eigenvalue weighted by atomic mass is 32.2. The van der Waals surface area contributed by atoms with E-state index in [-0.39, 0.29) is 16.8 Å². The van der Waals surface area contributed by atoms with Crippen molar-refractivity contribution in [1.82, 2.24) is 9.97 Å². The molecule has 0 aromatic carbocycles. The van der Waals surface area contributed by atoms with Gasteiger partial charge in [-0.2, -0.15) is 0 Å². The molecular formula is C14H24N2O2S. The van der Waals surface area contributed by atoms with Gasteiger partial charge in [-0.25, -0.2) is 9.97 Å². The van der Waals surface area contributed by atoms with Gasteiger partial charge in [0.1, 0.15) is 10.9 Å². The molecule has 0 aliphatic rings. The monoisotopic (exact) mass is 284 g/mol. The molecule has 4 nitrogen and oxygen atoms in total. The fourth-order valence-electron chi connectivity index (χ4n) is 1.38. The van der Waals surface area contributed by atoms with Crippen molar-refractivity contribution < 1.29 is 9.84 Å². The molecule has 0 aliphatic heterocycles. The van der Waals surface area contributed by atoms with Crippen molar-refractivity contribution in [3.8, 4) is 0 Å². The van der Waals surface area contributed by atoms with Crippen LogP contribution in [0.5, 0.6) is 0 Å². The fraction of sp³-hybridized carbons (Fsp3) is 0.714. The van der Waals surface area contributed by atoms with Crippen molar-refractivity contribution in [2.45, 2.75) is 63.0 Å². The molecule has 108 valence electrons. The van der Waals surface area contributed by atoms with Crippen molar-refractivity contribution in [1.29, 1.82) is 0 Å². The summed E-state index contributed by atoms with van der Waals surface area (Å²) in [6, 6.07) is 1.93. The summed E-state index contributed by atoms with van der Waals surface area (Å²) in [4.78, 5) is 9.13. The average Bonchev–Trinajstić information content (AvgIpc) is 2.27. The van der Waals surface area contributed by atoms with Gasteiger partial charge in [-0.1, -0.05) is 27.7 Å². The van der Waals surface area contributed by atoms with Crippen LogP contribution in [0.4, 0.5) is 0 Å². The van der Waals surface area contributed by atoms with Crippen LogP contribution in [0.25, 0.3) is 0 Å². The Kier molecular flexibility index (Phi) is 5.77. The number of aromatic nitrogens is 2. The third kappa shape index (κ3) is 5.09. The highest BCUT2D eigenvalue weighted by Crippen LogP contribution is 2.27. The Hall–Kier alpha value is -0.650. The molecule has 2 atom stereocenters. The Bertz CT molecular complexity index is 416. The van der Waals surface area contributed by atoms with Crippen LogP contribution in [0.1, 0.15) is 46.1 Å². The van der Waals surface area contributed by atoms with Gasteiger partial charge >= 0.3 is 0 Å². The molecule has 0 radical (unpaired) electrons. The predicted octanol–water partition coefficient (Wildman–Crippen LogP) is 2.78. The first-order valence-electron chi connectivity index (χ1n) is 6.46. The summed E-state index contributed by atoms with van der Waals surface area (Å²) in [6.45, 7) is 10.5. The second-order valence-corrected chi connectivity index (χ2v) is 7.17. The molecule has 0 saturated carbocycles. The SMILES string of the molecule is COCc1cc(SC(C)C(C)O)nc(C(C)(C)C)n1. The maximum atomic E-state index is 9.60. The number of aliphatic hydroxyl groups excluding tert-OH is 1. The van der Waals surface area contributed by atoms with E-state index in [9.17, 15) is 5.11 Å². The van der Waals surface area contributed by atoms with Gasteiger partial charge in [-0.05, 0) is 13.0 Å². The first-order valence-corrected chi connectivity index (χ1v) is 7.34. The topological polar surface area (TPSA) is 55.2 Å². The smallest absolute Gasteiger partial charge is 0.135 e. The molecular weight excluding hydrogens is 260 g/mol. The van der Waals surface area contributed by atoms with Crippen LogP contribution in [-0.4, -0.2) is 33.5 Å². The van der Waals surface area contributed by atoms with E-state index in [0.717, 1.165) is 16.5 Å².